The van der Waals surface area contributed by atoms with Gasteiger partial charge >= 0.3 is 0 Å². The fourth-order valence-corrected chi connectivity index (χ4v) is 1.81. The highest BCUT2D eigenvalue weighted by Gasteiger charge is 2.07. The molecule has 0 fully saturated rings. The number of anilines is 3. The van der Waals surface area contributed by atoms with Crippen LogP contribution in [-0.4, -0.2) is 35.7 Å². The number of benzene rings is 1. The fourth-order valence-electron chi connectivity index (χ4n) is 1.65. The Bertz CT molecular complexity index is 601. The molecule has 1 aromatic carbocycles. The van der Waals surface area contributed by atoms with Crippen LogP contribution in [0, 0.1) is 0 Å². The van der Waals surface area contributed by atoms with E-state index in [1.165, 1.54) is 0 Å². The Labute approximate surface area is 127 Å². The van der Waals surface area contributed by atoms with E-state index in [1.54, 1.807) is 32.4 Å². The first-order valence-corrected chi connectivity index (χ1v) is 6.68. The number of halogens is 1. The van der Waals surface area contributed by atoms with Crippen molar-refractivity contribution in [3.63, 3.8) is 0 Å². The Kier molecular flexibility index (Phi) is 4.99. The van der Waals surface area contributed by atoms with Crippen LogP contribution in [0.5, 0.6) is 11.5 Å². The van der Waals surface area contributed by atoms with E-state index < -0.39 is 0 Å². The lowest BCUT2D eigenvalue weighted by Gasteiger charge is -2.10. The molecule has 0 bridgehead atoms. The lowest BCUT2D eigenvalue weighted by atomic mass is 10.3. The van der Waals surface area contributed by atoms with E-state index in [0.29, 0.717) is 29.9 Å². The summed E-state index contributed by atoms with van der Waals surface area (Å²) in [7, 11) is 3.17. The zero-order chi connectivity index (χ0) is 15.2. The minimum Gasteiger partial charge on any atom is -0.497 e. The maximum absolute atomic E-state index is 5.88. The third-order valence-corrected chi connectivity index (χ3v) is 2.72. The molecule has 2 rings (SSSR count). The van der Waals surface area contributed by atoms with Gasteiger partial charge in [0.05, 0.1) is 14.2 Å². The first-order chi connectivity index (χ1) is 10.1. The summed E-state index contributed by atoms with van der Waals surface area (Å²) in [6.45, 7) is 2.63. The molecule has 112 valence electrons. The van der Waals surface area contributed by atoms with Crippen LogP contribution >= 0.6 is 11.6 Å². The third kappa shape index (κ3) is 4.09. The second-order valence-corrected chi connectivity index (χ2v) is 4.35. The predicted molar refractivity (Wildman–Crippen MR) is 81.8 cm³/mol. The summed E-state index contributed by atoms with van der Waals surface area (Å²) in [6.07, 6.45) is 0. The molecule has 8 heteroatoms. The highest BCUT2D eigenvalue weighted by Crippen LogP contribution is 2.27. The summed E-state index contributed by atoms with van der Waals surface area (Å²) in [6, 6.07) is 5.37. The quantitative estimate of drug-likeness (QED) is 0.849. The van der Waals surface area contributed by atoms with Crippen molar-refractivity contribution in [3.05, 3.63) is 23.5 Å². The summed E-state index contributed by atoms with van der Waals surface area (Å²) in [5.41, 5.74) is 0.718. The molecule has 0 unspecified atom stereocenters. The first kappa shape index (κ1) is 15.1. The number of aromatic nitrogens is 3. The standard InChI is InChI=1S/C13H16ClN5O2/c1-4-15-12-17-11(14)18-13(19-12)16-8-5-9(20-2)7-10(6-8)21-3/h5-7H,4H2,1-3H3,(H2,15,16,17,18,19). The molecule has 21 heavy (non-hydrogen) atoms. The van der Waals surface area contributed by atoms with E-state index in [4.69, 9.17) is 21.1 Å². The molecule has 2 aromatic rings. The van der Waals surface area contributed by atoms with Gasteiger partial charge in [-0.3, -0.25) is 0 Å². The SMILES string of the molecule is CCNc1nc(Cl)nc(Nc2cc(OC)cc(OC)c2)n1. The van der Waals surface area contributed by atoms with Crippen LogP contribution in [0.25, 0.3) is 0 Å². The van der Waals surface area contributed by atoms with Crippen LogP contribution in [0.1, 0.15) is 6.92 Å². The van der Waals surface area contributed by atoms with Gasteiger partial charge in [0, 0.05) is 30.4 Å². The molecular weight excluding hydrogens is 294 g/mol. The average molecular weight is 310 g/mol. The molecule has 0 saturated carbocycles. The Hall–Kier alpha value is -2.28. The van der Waals surface area contributed by atoms with Gasteiger partial charge in [0.2, 0.25) is 17.2 Å². The van der Waals surface area contributed by atoms with Gasteiger partial charge in [-0.1, -0.05) is 0 Å². The number of rotatable bonds is 6. The van der Waals surface area contributed by atoms with Crippen molar-refractivity contribution < 1.29 is 9.47 Å². The normalized spacial score (nSPS) is 10.1. The Balaban J connectivity index is 2.28. The van der Waals surface area contributed by atoms with Crippen LogP contribution in [0.4, 0.5) is 17.6 Å². The summed E-state index contributed by atoms with van der Waals surface area (Å²) >= 11 is 5.88. The molecule has 0 aliphatic rings. The van der Waals surface area contributed by atoms with Crippen LogP contribution in [-0.2, 0) is 0 Å². The molecule has 0 aliphatic carbocycles. The first-order valence-electron chi connectivity index (χ1n) is 6.30. The topological polar surface area (TPSA) is 81.2 Å². The number of nitrogens with zero attached hydrogens (tertiary/aromatic N) is 3. The average Bonchev–Trinajstić information content (AvgIpc) is 2.46. The molecule has 0 amide bonds. The van der Waals surface area contributed by atoms with Gasteiger partial charge in [-0.15, -0.1) is 0 Å². The number of methoxy groups -OCH3 is 2. The van der Waals surface area contributed by atoms with Gasteiger partial charge in [0.25, 0.3) is 0 Å². The molecule has 1 heterocycles. The second kappa shape index (κ2) is 6.94. The molecule has 0 aliphatic heterocycles. The van der Waals surface area contributed by atoms with Crippen molar-refractivity contribution in [2.24, 2.45) is 0 Å². The Morgan fingerprint density at radius 3 is 2.19 bits per heavy atom. The van der Waals surface area contributed by atoms with Crippen LogP contribution in [0.15, 0.2) is 18.2 Å². The van der Waals surface area contributed by atoms with E-state index in [9.17, 15) is 0 Å². The summed E-state index contributed by atoms with van der Waals surface area (Å²) in [5.74, 6) is 2.06. The lowest BCUT2D eigenvalue weighted by molar-refractivity contribution is 0.395. The van der Waals surface area contributed by atoms with Gasteiger partial charge in [-0.2, -0.15) is 15.0 Å². The summed E-state index contributed by atoms with van der Waals surface area (Å²) in [5, 5.41) is 6.14. The molecule has 2 N–H and O–H groups in total. The van der Waals surface area contributed by atoms with E-state index >= 15 is 0 Å². The summed E-state index contributed by atoms with van der Waals surface area (Å²) < 4.78 is 10.4. The monoisotopic (exact) mass is 309 g/mol. The highest BCUT2D eigenvalue weighted by molar-refractivity contribution is 6.28. The Morgan fingerprint density at radius 2 is 1.62 bits per heavy atom. The predicted octanol–water partition coefficient (Wildman–Crippen LogP) is 2.72. The van der Waals surface area contributed by atoms with E-state index in [-0.39, 0.29) is 5.28 Å². The smallest absolute Gasteiger partial charge is 0.233 e. The van der Waals surface area contributed by atoms with E-state index in [1.807, 2.05) is 6.92 Å². The molecule has 0 spiro atoms. The number of hydrogen-bond acceptors (Lipinski definition) is 7. The molecule has 0 radical (unpaired) electrons. The van der Waals surface area contributed by atoms with Crippen molar-refractivity contribution in [1.29, 1.82) is 0 Å². The van der Waals surface area contributed by atoms with Crippen molar-refractivity contribution in [3.8, 4) is 11.5 Å². The van der Waals surface area contributed by atoms with Crippen LogP contribution in [0.2, 0.25) is 5.28 Å². The fraction of sp³-hybridized carbons (Fsp3) is 0.308. The highest BCUT2D eigenvalue weighted by atomic mass is 35.5. The maximum atomic E-state index is 5.88. The molecular formula is C13H16ClN5O2. The minimum atomic E-state index is 0.110. The van der Waals surface area contributed by atoms with Crippen molar-refractivity contribution in [2.75, 3.05) is 31.4 Å². The molecule has 0 saturated heterocycles. The maximum Gasteiger partial charge on any atom is 0.233 e. The zero-order valence-electron chi connectivity index (χ0n) is 12.0. The zero-order valence-corrected chi connectivity index (χ0v) is 12.7. The lowest BCUT2D eigenvalue weighted by Crippen LogP contribution is -2.06. The second-order valence-electron chi connectivity index (χ2n) is 4.01. The van der Waals surface area contributed by atoms with Gasteiger partial charge < -0.3 is 20.1 Å². The number of hydrogen-bond donors (Lipinski definition) is 2. The van der Waals surface area contributed by atoms with Gasteiger partial charge in [-0.05, 0) is 18.5 Å². The molecule has 0 atom stereocenters. The van der Waals surface area contributed by atoms with Crippen LogP contribution in [0.3, 0.4) is 0 Å². The third-order valence-electron chi connectivity index (χ3n) is 2.55. The van der Waals surface area contributed by atoms with Crippen molar-refractivity contribution >= 4 is 29.2 Å². The number of nitrogens with one attached hydrogen (secondary N) is 2. The minimum absolute atomic E-state index is 0.110. The molecule has 7 nitrogen and oxygen atoms in total. The molecule has 1 aromatic heterocycles. The van der Waals surface area contributed by atoms with E-state index in [0.717, 1.165) is 5.69 Å². The van der Waals surface area contributed by atoms with Crippen LogP contribution < -0.4 is 20.1 Å². The van der Waals surface area contributed by atoms with Gasteiger partial charge in [-0.25, -0.2) is 0 Å². The number of ether oxygens (including phenoxy) is 2. The van der Waals surface area contributed by atoms with Gasteiger partial charge in [0.1, 0.15) is 11.5 Å². The Morgan fingerprint density at radius 1 is 1.00 bits per heavy atom. The van der Waals surface area contributed by atoms with Crippen molar-refractivity contribution in [1.82, 2.24) is 15.0 Å². The van der Waals surface area contributed by atoms with E-state index in [2.05, 4.69) is 25.6 Å². The van der Waals surface area contributed by atoms with Gasteiger partial charge in [0.15, 0.2) is 0 Å². The largest absolute Gasteiger partial charge is 0.497 e. The van der Waals surface area contributed by atoms with Crippen molar-refractivity contribution in [2.45, 2.75) is 6.92 Å². The summed E-state index contributed by atoms with van der Waals surface area (Å²) in [4.78, 5) is 12.2.